The van der Waals surface area contributed by atoms with Crippen molar-refractivity contribution in [1.29, 1.82) is 0 Å². The lowest BCUT2D eigenvalue weighted by molar-refractivity contribution is 0.544. The van der Waals surface area contributed by atoms with Crippen LogP contribution in [0.2, 0.25) is 0 Å². The van der Waals surface area contributed by atoms with Crippen LogP contribution in [0.5, 0.6) is 0 Å². The van der Waals surface area contributed by atoms with Crippen molar-refractivity contribution < 1.29 is 0 Å². The van der Waals surface area contributed by atoms with Crippen LogP contribution in [0.25, 0.3) is 0 Å². The fourth-order valence-corrected chi connectivity index (χ4v) is 3.75. The first-order valence-corrected chi connectivity index (χ1v) is 6.03. The van der Waals surface area contributed by atoms with Gasteiger partial charge in [-0.2, -0.15) is 0 Å². The summed E-state index contributed by atoms with van der Waals surface area (Å²) in [4.78, 5) is 0. The Balaban J connectivity index is 2.50. The van der Waals surface area contributed by atoms with Crippen LogP contribution in [0.4, 0.5) is 0 Å². The first-order chi connectivity index (χ1) is 5.08. The molecule has 0 spiro atoms. The van der Waals surface area contributed by atoms with Crippen molar-refractivity contribution in [2.24, 2.45) is 5.41 Å². The van der Waals surface area contributed by atoms with Crippen LogP contribution in [0.1, 0.15) is 27.2 Å². The molecule has 2 heteroatoms. The van der Waals surface area contributed by atoms with Crippen LogP contribution in [0, 0.1) is 5.41 Å². The minimum atomic E-state index is 0.354. The van der Waals surface area contributed by atoms with E-state index in [4.69, 9.17) is 0 Å². The smallest absolute Gasteiger partial charge is 0.0366 e. The quantitative estimate of drug-likeness (QED) is 0.568. The molecule has 11 heavy (non-hydrogen) atoms. The van der Waals surface area contributed by atoms with Crippen LogP contribution in [-0.2, 0) is 0 Å². The second-order valence-corrected chi connectivity index (χ2v) is 6.41. The summed E-state index contributed by atoms with van der Waals surface area (Å²) in [6, 6.07) is 0. The number of thioether (sulfide) groups is 2. The van der Waals surface area contributed by atoms with E-state index in [1.54, 1.807) is 0 Å². The lowest BCUT2D eigenvalue weighted by Gasteiger charge is -2.18. The van der Waals surface area contributed by atoms with Gasteiger partial charge in [-0.15, -0.1) is 23.5 Å². The molecular weight excluding hydrogens is 172 g/mol. The zero-order valence-electron chi connectivity index (χ0n) is 7.52. The lowest BCUT2D eigenvalue weighted by atomic mass is 9.98. The third kappa shape index (κ3) is 4.12. The number of allylic oxidation sites excluding steroid dienone is 1. The lowest BCUT2D eigenvalue weighted by Crippen LogP contribution is -2.01. The van der Waals surface area contributed by atoms with Gasteiger partial charge in [-0.3, -0.25) is 0 Å². The number of rotatable bonds is 0. The molecular formula is C9H16S2. The summed E-state index contributed by atoms with van der Waals surface area (Å²) in [6.07, 6.45) is 3.76. The number of hydrogen-bond acceptors (Lipinski definition) is 2. The molecule has 1 rings (SSSR count). The summed E-state index contributed by atoms with van der Waals surface area (Å²) >= 11 is 4.03. The predicted molar refractivity (Wildman–Crippen MR) is 57.1 cm³/mol. The van der Waals surface area contributed by atoms with Gasteiger partial charge in [0.15, 0.2) is 0 Å². The third-order valence-corrected chi connectivity index (χ3v) is 3.83. The van der Waals surface area contributed by atoms with Crippen LogP contribution < -0.4 is 0 Å². The van der Waals surface area contributed by atoms with Crippen molar-refractivity contribution in [3.8, 4) is 0 Å². The molecule has 0 aliphatic carbocycles. The van der Waals surface area contributed by atoms with Crippen molar-refractivity contribution in [1.82, 2.24) is 0 Å². The molecule has 0 radical (unpaired) electrons. The average molecular weight is 188 g/mol. The molecule has 1 saturated heterocycles. The van der Waals surface area contributed by atoms with Crippen molar-refractivity contribution in [2.75, 3.05) is 11.5 Å². The second kappa shape index (κ2) is 3.90. The average Bonchev–Trinajstić information content (AvgIpc) is 1.85. The summed E-state index contributed by atoms with van der Waals surface area (Å²) in [6.45, 7) is 6.78. The van der Waals surface area contributed by atoms with Crippen molar-refractivity contribution >= 4 is 23.5 Å². The second-order valence-electron chi connectivity index (χ2n) is 3.88. The van der Waals surface area contributed by atoms with Crippen molar-refractivity contribution in [3.63, 3.8) is 0 Å². The van der Waals surface area contributed by atoms with E-state index in [1.807, 2.05) is 23.5 Å². The minimum Gasteiger partial charge on any atom is -0.120 e. The first kappa shape index (κ1) is 9.53. The van der Waals surface area contributed by atoms with Gasteiger partial charge in [-0.1, -0.05) is 26.8 Å². The summed E-state index contributed by atoms with van der Waals surface area (Å²) in [7, 11) is 0. The minimum absolute atomic E-state index is 0.354. The van der Waals surface area contributed by atoms with Crippen molar-refractivity contribution in [3.05, 3.63) is 10.3 Å². The highest BCUT2D eigenvalue weighted by Crippen LogP contribution is 2.37. The molecule has 1 aliphatic rings. The zero-order chi connectivity index (χ0) is 8.32. The zero-order valence-corrected chi connectivity index (χ0v) is 9.15. The molecule has 1 fully saturated rings. The molecule has 0 aromatic carbocycles. The SMILES string of the molecule is CC(C)(C)C=C1SCCCS1. The maximum absolute atomic E-state index is 2.39. The Labute approximate surface area is 78.2 Å². The molecule has 0 atom stereocenters. The fourth-order valence-electron chi connectivity index (χ4n) is 0.883. The highest BCUT2D eigenvalue weighted by molar-refractivity contribution is 8.22. The van der Waals surface area contributed by atoms with E-state index >= 15 is 0 Å². The van der Waals surface area contributed by atoms with Crippen LogP contribution >= 0.6 is 23.5 Å². The molecule has 0 aromatic rings. The molecule has 0 aromatic heterocycles. The molecule has 0 bridgehead atoms. The Bertz CT molecular complexity index is 145. The molecule has 0 saturated carbocycles. The highest BCUT2D eigenvalue weighted by Gasteiger charge is 2.11. The Morgan fingerprint density at radius 2 is 1.73 bits per heavy atom. The van der Waals surface area contributed by atoms with Gasteiger partial charge in [0.25, 0.3) is 0 Å². The van der Waals surface area contributed by atoms with Gasteiger partial charge in [-0.05, 0) is 23.3 Å². The van der Waals surface area contributed by atoms with Crippen LogP contribution in [0.15, 0.2) is 10.3 Å². The van der Waals surface area contributed by atoms with Crippen molar-refractivity contribution in [2.45, 2.75) is 27.2 Å². The molecule has 0 N–H and O–H groups in total. The van der Waals surface area contributed by atoms with E-state index in [2.05, 4.69) is 26.8 Å². The van der Waals surface area contributed by atoms with Gasteiger partial charge in [-0.25, -0.2) is 0 Å². The van der Waals surface area contributed by atoms with Gasteiger partial charge in [0.05, 0.1) is 0 Å². The van der Waals surface area contributed by atoms with Gasteiger partial charge in [0.1, 0.15) is 0 Å². The van der Waals surface area contributed by atoms with Crippen LogP contribution in [-0.4, -0.2) is 11.5 Å². The Morgan fingerprint density at radius 1 is 1.18 bits per heavy atom. The number of hydrogen-bond donors (Lipinski definition) is 0. The molecule has 0 amide bonds. The molecule has 1 heterocycles. The van der Waals surface area contributed by atoms with Gasteiger partial charge in [0, 0.05) is 4.24 Å². The standard InChI is InChI=1S/C9H16S2/c1-9(2,3)7-8-10-5-4-6-11-8/h7H,4-6H2,1-3H3. The summed E-state index contributed by atoms with van der Waals surface area (Å²) in [5.41, 5.74) is 0.354. The largest absolute Gasteiger partial charge is 0.120 e. The molecule has 1 aliphatic heterocycles. The monoisotopic (exact) mass is 188 g/mol. The normalized spacial score (nSPS) is 20.1. The fraction of sp³-hybridized carbons (Fsp3) is 0.778. The van der Waals surface area contributed by atoms with Gasteiger partial charge < -0.3 is 0 Å². The molecule has 64 valence electrons. The van der Waals surface area contributed by atoms with Crippen LogP contribution in [0.3, 0.4) is 0 Å². The maximum atomic E-state index is 2.39. The Hall–Kier alpha value is 0.440. The van der Waals surface area contributed by atoms with E-state index in [0.29, 0.717) is 5.41 Å². The third-order valence-electron chi connectivity index (χ3n) is 1.33. The maximum Gasteiger partial charge on any atom is 0.0366 e. The van der Waals surface area contributed by atoms with E-state index < -0.39 is 0 Å². The first-order valence-electron chi connectivity index (χ1n) is 4.06. The van der Waals surface area contributed by atoms with E-state index in [-0.39, 0.29) is 0 Å². The Kier molecular flexibility index (Phi) is 3.38. The topological polar surface area (TPSA) is 0 Å². The predicted octanol–water partition coefficient (Wildman–Crippen LogP) is 3.74. The van der Waals surface area contributed by atoms with E-state index in [0.717, 1.165) is 0 Å². The highest BCUT2D eigenvalue weighted by atomic mass is 32.2. The summed E-state index contributed by atoms with van der Waals surface area (Å²) in [5, 5.41) is 0. The summed E-state index contributed by atoms with van der Waals surface area (Å²) < 4.78 is 1.53. The van der Waals surface area contributed by atoms with Gasteiger partial charge in [0.2, 0.25) is 0 Å². The van der Waals surface area contributed by atoms with E-state index in [1.165, 1.54) is 22.2 Å². The summed E-state index contributed by atoms with van der Waals surface area (Å²) in [5.74, 6) is 2.63. The Morgan fingerprint density at radius 3 is 2.18 bits per heavy atom. The van der Waals surface area contributed by atoms with E-state index in [9.17, 15) is 0 Å². The molecule has 0 unspecified atom stereocenters. The molecule has 0 nitrogen and oxygen atoms in total. The van der Waals surface area contributed by atoms with Gasteiger partial charge >= 0.3 is 0 Å².